The fraction of sp³-hybridized carbons (Fsp3) is 0.364. The Kier molecular flexibility index (Phi) is 19.2. The highest BCUT2D eigenvalue weighted by atomic mass is 32.1. The normalized spacial score (nSPS) is 22.3. The number of phenols is 1. The Hall–Kier alpha value is -7.45. The third-order valence-corrected chi connectivity index (χ3v) is 13.2. The number of nitrogens with two attached hydrogens (primary N) is 1. The van der Waals surface area contributed by atoms with Gasteiger partial charge in [-0.15, -0.1) is 0 Å². The van der Waals surface area contributed by atoms with E-state index in [-0.39, 0.29) is 68.1 Å². The van der Waals surface area contributed by atoms with E-state index in [0.717, 1.165) is 25.3 Å². The number of Topliss-reactive ketones (excluding diaryl/α,β-unsaturated/α-hetero) is 1. The van der Waals surface area contributed by atoms with E-state index in [1.807, 2.05) is 6.92 Å². The van der Waals surface area contributed by atoms with Crippen LogP contribution in [0.15, 0.2) is 122 Å². The van der Waals surface area contributed by atoms with Crippen molar-refractivity contribution in [3.05, 3.63) is 129 Å². The molecule has 4 aliphatic rings. The van der Waals surface area contributed by atoms with Crippen LogP contribution in [0.1, 0.15) is 76.6 Å². The first kappa shape index (κ1) is 55.9. The van der Waals surface area contributed by atoms with Crippen molar-refractivity contribution in [3.8, 4) is 28.2 Å². The molecule has 0 spiro atoms. The van der Waals surface area contributed by atoms with Crippen LogP contribution in [0.2, 0.25) is 0 Å². The van der Waals surface area contributed by atoms with Crippen molar-refractivity contribution in [2.45, 2.75) is 90.6 Å². The molecular formula is C55H63N5O13S. The standard InChI is InChI=1S/C55H63N5O13S/c1-29-22-40-48(42(63)28-41(50(40)65)60-52(66)30(2)12-11-13-43(70-5)51(73-54(56)69)32(4)24-31(3)49(64)46(23-29)71-6)57-20-9-7-8-10-21-58-55(74)59-33-14-17-36(39(25-33)53(67)68)47-37-18-15-34(61)26-44(37)72-45-27-35(62)16-19-38(45)47/h11-19,24-29,31,43,46,49,51,57,61,64H,7-10,20-23H2,1-6H3,(H2,56,69)(H,60,66)(H,67,68)(H2,58,59,74)/b13-11-,30-12+,32-24?/t29-,31+,43+,46+,49-,51+/m1/s1. The summed E-state index contributed by atoms with van der Waals surface area (Å²) in [5, 5.41) is 44.9. The Morgan fingerprint density at radius 3 is 2.36 bits per heavy atom. The van der Waals surface area contributed by atoms with Crippen molar-refractivity contribution in [3.63, 3.8) is 0 Å². The maximum absolute atomic E-state index is 14.1. The zero-order valence-electron chi connectivity index (χ0n) is 42.1. The second-order valence-electron chi connectivity index (χ2n) is 18.5. The van der Waals surface area contributed by atoms with Crippen molar-refractivity contribution in [2.75, 3.05) is 32.6 Å². The molecule has 0 aromatic heterocycles. The number of anilines is 1. The van der Waals surface area contributed by atoms with Crippen LogP contribution < -0.4 is 32.4 Å². The third-order valence-electron chi connectivity index (χ3n) is 12.9. The summed E-state index contributed by atoms with van der Waals surface area (Å²) in [6.45, 7) is 7.83. The summed E-state index contributed by atoms with van der Waals surface area (Å²) >= 11 is 5.54. The molecule has 6 atom stereocenters. The molecule has 2 aliphatic heterocycles. The first-order chi connectivity index (χ1) is 35.3. The molecule has 0 fully saturated rings. The van der Waals surface area contributed by atoms with Gasteiger partial charge in [-0.3, -0.25) is 19.2 Å². The maximum Gasteiger partial charge on any atom is 0.405 e. The van der Waals surface area contributed by atoms with Crippen molar-refractivity contribution in [2.24, 2.45) is 17.6 Å². The van der Waals surface area contributed by atoms with Gasteiger partial charge in [0.25, 0.3) is 5.91 Å². The predicted octanol–water partition coefficient (Wildman–Crippen LogP) is 7.18. The number of hydrogen-bond donors (Lipinski definition) is 8. The molecule has 2 amide bonds. The second kappa shape index (κ2) is 25.5. The molecule has 0 unspecified atom stereocenters. The SMILES string of the molecule is CO[C@H]1/C=C\C=C(/C)C(=O)NC2=CC(=O)C(NCCCCCCNC(=S)Nc3ccc(-c4c5ccc(=O)cc-5oc5cc(O)ccc45)c(C(=O)O)c3)=C(C[C@@H](C)C[C@H](OC)[C@H](O)[C@@H](C)C=C(C)[C@@H]1OC(N)=O)C2=O. The number of primary amides is 1. The number of nitrogens with one attached hydrogen (secondary N) is 4. The number of benzene rings is 3. The number of aliphatic hydroxyl groups excluding tert-OH is 1. The number of aromatic hydroxyl groups is 1. The van der Waals surface area contributed by atoms with Gasteiger partial charge >= 0.3 is 12.1 Å². The summed E-state index contributed by atoms with van der Waals surface area (Å²) in [5.74, 6) is -3.38. The van der Waals surface area contributed by atoms with Crippen LogP contribution >= 0.6 is 12.2 Å². The molecule has 2 aromatic rings. The Bertz CT molecular complexity index is 2990. The molecule has 6 rings (SSSR count). The van der Waals surface area contributed by atoms with Crippen LogP contribution in [0.25, 0.3) is 33.4 Å². The van der Waals surface area contributed by atoms with E-state index >= 15 is 0 Å². The quantitative estimate of drug-likeness (QED) is 0.0204. The van der Waals surface area contributed by atoms with Gasteiger partial charge in [-0.2, -0.15) is 0 Å². The number of carboxylic acids is 1. The van der Waals surface area contributed by atoms with E-state index in [1.54, 1.807) is 50.3 Å². The highest BCUT2D eigenvalue weighted by Gasteiger charge is 2.34. The third kappa shape index (κ3) is 14.0. The maximum atomic E-state index is 14.1. The fourth-order valence-corrected chi connectivity index (χ4v) is 9.36. The number of aromatic carboxylic acids is 1. The van der Waals surface area contributed by atoms with E-state index in [9.17, 15) is 44.1 Å². The van der Waals surface area contributed by atoms with E-state index in [2.05, 4.69) is 21.3 Å². The van der Waals surface area contributed by atoms with Crippen molar-refractivity contribution >= 4 is 63.5 Å². The van der Waals surface area contributed by atoms with Crippen molar-refractivity contribution in [1.82, 2.24) is 16.0 Å². The number of methoxy groups -OCH3 is 2. The summed E-state index contributed by atoms with van der Waals surface area (Å²) in [6, 6.07) is 13.6. The predicted molar refractivity (Wildman–Crippen MR) is 283 cm³/mol. The number of carbonyl (C=O) groups excluding carboxylic acids is 4. The average Bonchev–Trinajstić information content (AvgIpc) is 3.35. The number of rotatable bonds is 14. The number of fused-ring (bicyclic) bond motifs is 4. The molecule has 2 heterocycles. The van der Waals surface area contributed by atoms with Gasteiger partial charge in [0, 0.05) is 84.8 Å². The fourth-order valence-electron chi connectivity index (χ4n) is 9.14. The van der Waals surface area contributed by atoms with E-state index in [4.69, 9.17) is 36.6 Å². The zero-order chi connectivity index (χ0) is 53.8. The average molecular weight is 1030 g/mol. The summed E-state index contributed by atoms with van der Waals surface area (Å²) in [5.41, 5.74) is 8.18. The Morgan fingerprint density at radius 2 is 1.66 bits per heavy atom. The van der Waals surface area contributed by atoms with Crippen LogP contribution in [0.5, 0.6) is 5.75 Å². The molecule has 0 saturated heterocycles. The van der Waals surface area contributed by atoms with Gasteiger partial charge in [0.05, 0.1) is 29.2 Å². The number of unbranched alkanes of at least 4 members (excludes halogenated alkanes) is 3. The molecule has 18 nitrogen and oxygen atoms in total. The van der Waals surface area contributed by atoms with Crippen molar-refractivity contribution < 1.29 is 57.9 Å². The smallest absolute Gasteiger partial charge is 0.405 e. The van der Waals surface area contributed by atoms with Gasteiger partial charge in [0.2, 0.25) is 11.6 Å². The summed E-state index contributed by atoms with van der Waals surface area (Å²) in [6.07, 6.45) is 6.32. The lowest BCUT2D eigenvalue weighted by molar-refractivity contribution is -0.120. The molecule has 2 aliphatic carbocycles. The minimum absolute atomic E-state index is 0.0261. The summed E-state index contributed by atoms with van der Waals surface area (Å²) in [7, 11) is 2.90. The molecule has 392 valence electrons. The lowest BCUT2D eigenvalue weighted by atomic mass is 9.85. The number of hydrogen-bond acceptors (Lipinski definition) is 14. The Labute approximate surface area is 433 Å². The second-order valence-corrected chi connectivity index (χ2v) is 18.9. The highest BCUT2D eigenvalue weighted by molar-refractivity contribution is 7.80. The zero-order valence-corrected chi connectivity index (χ0v) is 42.9. The van der Waals surface area contributed by atoms with Gasteiger partial charge in [-0.1, -0.05) is 57.1 Å². The molecule has 2 bridgehead atoms. The van der Waals surface area contributed by atoms with Crippen LogP contribution in [-0.2, 0) is 28.6 Å². The van der Waals surface area contributed by atoms with Gasteiger partial charge in [0.15, 0.2) is 16.6 Å². The van der Waals surface area contributed by atoms with E-state index in [1.165, 1.54) is 63.6 Å². The van der Waals surface area contributed by atoms with Crippen LogP contribution in [-0.4, -0.2) is 102 Å². The largest absolute Gasteiger partial charge is 0.508 e. The van der Waals surface area contributed by atoms with Crippen LogP contribution in [0.4, 0.5) is 10.5 Å². The number of ketones is 2. The minimum atomic E-state index is -1.19. The van der Waals surface area contributed by atoms with Gasteiger partial charge in [-0.05, 0) is 105 Å². The molecule has 19 heteroatoms. The molecule has 2 aromatic carbocycles. The summed E-state index contributed by atoms with van der Waals surface area (Å²) in [4.78, 5) is 78.1. The number of phenolic OH excluding ortho intramolecular Hbond substituents is 1. The lowest BCUT2D eigenvalue weighted by Gasteiger charge is -2.30. The molecule has 0 saturated carbocycles. The van der Waals surface area contributed by atoms with Gasteiger partial charge in [-0.25, -0.2) is 9.59 Å². The Morgan fingerprint density at radius 1 is 0.932 bits per heavy atom. The first-order valence-corrected chi connectivity index (χ1v) is 24.6. The van der Waals surface area contributed by atoms with Gasteiger partial charge in [0.1, 0.15) is 23.2 Å². The molecule has 0 radical (unpaired) electrons. The molecule has 74 heavy (non-hydrogen) atoms. The monoisotopic (exact) mass is 1030 g/mol. The topological polar surface area (TPSA) is 278 Å². The number of aliphatic hydroxyl groups is 1. The number of carboxylic acid groups (broad SMARTS) is 1. The van der Waals surface area contributed by atoms with Crippen LogP contribution in [0.3, 0.4) is 0 Å². The number of amides is 2. The first-order valence-electron chi connectivity index (χ1n) is 24.2. The molecule has 9 N–H and O–H groups in total. The van der Waals surface area contributed by atoms with Crippen LogP contribution in [0, 0.1) is 11.8 Å². The van der Waals surface area contributed by atoms with Crippen molar-refractivity contribution in [1.29, 1.82) is 0 Å². The summed E-state index contributed by atoms with van der Waals surface area (Å²) < 4.78 is 22.7. The number of carbonyl (C=O) groups is 5. The Balaban J connectivity index is 1.08. The molecular weight excluding hydrogens is 971 g/mol. The lowest BCUT2D eigenvalue weighted by Crippen LogP contribution is -2.38. The number of thiocarbonyl (C=S) groups is 1. The van der Waals surface area contributed by atoms with E-state index in [0.29, 0.717) is 59.3 Å². The highest BCUT2D eigenvalue weighted by Crippen LogP contribution is 2.42. The van der Waals surface area contributed by atoms with Gasteiger partial charge < -0.3 is 60.9 Å². The minimum Gasteiger partial charge on any atom is -0.508 e. The van der Waals surface area contributed by atoms with E-state index < -0.39 is 59.9 Å². The number of ether oxygens (including phenoxy) is 3. The number of allylic oxidation sites excluding steroid dienone is 4.